The van der Waals surface area contributed by atoms with Crippen molar-refractivity contribution >= 4 is 12.0 Å². The molecule has 2 aliphatic rings. The van der Waals surface area contributed by atoms with Crippen molar-refractivity contribution < 1.29 is 19.1 Å². The normalized spacial score (nSPS) is 22.6. The summed E-state index contributed by atoms with van der Waals surface area (Å²) in [5, 5.41) is 0. The molecule has 0 aliphatic carbocycles. The molecule has 3 aromatic rings. The van der Waals surface area contributed by atoms with Crippen molar-refractivity contribution in [3.8, 4) is 5.75 Å². The number of benzene rings is 3. The first kappa shape index (κ1) is 22.2. The number of rotatable bonds is 6. The van der Waals surface area contributed by atoms with Crippen LogP contribution in [0, 0.1) is 5.92 Å². The lowest BCUT2D eigenvalue weighted by Gasteiger charge is -2.26. The highest BCUT2D eigenvalue weighted by Crippen LogP contribution is 2.38. The average molecular weight is 457 g/mol. The molecule has 0 unspecified atom stereocenters. The van der Waals surface area contributed by atoms with Gasteiger partial charge in [-0.1, -0.05) is 72.8 Å². The Morgan fingerprint density at radius 3 is 2.26 bits per heavy atom. The zero-order valence-electron chi connectivity index (χ0n) is 19.2. The number of hydrogen-bond acceptors (Lipinski definition) is 5. The van der Waals surface area contributed by atoms with Crippen LogP contribution in [0.1, 0.15) is 28.7 Å². The SMILES string of the molecule is COc1ccc([C@@H]2CN(Cc3ccccc3)C[C@@H]2C(=O)N2C(=O)OC[C@@H]2c2ccccc2)cc1. The van der Waals surface area contributed by atoms with Crippen LogP contribution in [0.2, 0.25) is 0 Å². The van der Waals surface area contributed by atoms with Crippen LogP contribution in [0.3, 0.4) is 0 Å². The van der Waals surface area contributed by atoms with Gasteiger partial charge in [-0.15, -0.1) is 0 Å². The molecule has 34 heavy (non-hydrogen) atoms. The second-order valence-corrected chi connectivity index (χ2v) is 8.88. The number of amides is 2. The molecule has 0 N–H and O–H groups in total. The molecule has 3 aromatic carbocycles. The zero-order chi connectivity index (χ0) is 23.5. The number of imide groups is 1. The van der Waals surface area contributed by atoms with Gasteiger partial charge in [0.05, 0.1) is 13.0 Å². The highest BCUT2D eigenvalue weighted by Gasteiger charge is 2.47. The minimum absolute atomic E-state index is 0.0352. The van der Waals surface area contributed by atoms with Crippen LogP contribution in [0.5, 0.6) is 5.75 Å². The highest BCUT2D eigenvalue weighted by atomic mass is 16.6. The molecule has 6 heteroatoms. The summed E-state index contributed by atoms with van der Waals surface area (Å²) in [5.74, 6) is 0.215. The molecule has 6 nitrogen and oxygen atoms in total. The average Bonchev–Trinajstić information content (AvgIpc) is 3.48. The largest absolute Gasteiger partial charge is 0.497 e. The van der Waals surface area contributed by atoms with Crippen LogP contribution in [0.25, 0.3) is 0 Å². The first-order valence-corrected chi connectivity index (χ1v) is 11.6. The van der Waals surface area contributed by atoms with Crippen molar-refractivity contribution in [2.45, 2.75) is 18.5 Å². The fraction of sp³-hybridized carbons (Fsp3) is 0.286. The number of hydrogen-bond donors (Lipinski definition) is 0. The van der Waals surface area contributed by atoms with E-state index in [1.165, 1.54) is 10.5 Å². The van der Waals surface area contributed by atoms with E-state index in [1.54, 1.807) is 7.11 Å². The standard InChI is InChI=1S/C28H28N2O4/c1-33-23-14-12-21(13-15-23)24-17-29(16-20-8-4-2-5-9-20)18-25(24)27(31)30-26(19-34-28(30)32)22-10-6-3-7-11-22/h2-15,24-26H,16-19H2,1H3/t24-,25-,26+/m0/s1. The smallest absolute Gasteiger partial charge is 0.417 e. The summed E-state index contributed by atoms with van der Waals surface area (Å²) >= 11 is 0. The fourth-order valence-corrected chi connectivity index (χ4v) is 5.06. The van der Waals surface area contributed by atoms with Gasteiger partial charge in [-0.25, -0.2) is 9.69 Å². The summed E-state index contributed by atoms with van der Waals surface area (Å²) in [6.45, 7) is 2.25. The van der Waals surface area contributed by atoms with Crippen LogP contribution in [-0.2, 0) is 16.1 Å². The number of ether oxygens (including phenoxy) is 2. The summed E-state index contributed by atoms with van der Waals surface area (Å²) in [5.41, 5.74) is 3.17. The third-order valence-corrected chi connectivity index (χ3v) is 6.80. The van der Waals surface area contributed by atoms with Crippen molar-refractivity contribution in [2.75, 3.05) is 26.8 Å². The van der Waals surface area contributed by atoms with E-state index in [1.807, 2.05) is 72.8 Å². The maximum absolute atomic E-state index is 13.9. The first-order valence-electron chi connectivity index (χ1n) is 11.6. The van der Waals surface area contributed by atoms with Gasteiger partial charge in [0.1, 0.15) is 18.4 Å². The van der Waals surface area contributed by atoms with Gasteiger partial charge in [0.25, 0.3) is 0 Å². The quantitative estimate of drug-likeness (QED) is 0.541. The molecule has 2 heterocycles. The van der Waals surface area contributed by atoms with Gasteiger partial charge in [0, 0.05) is 25.6 Å². The van der Waals surface area contributed by atoms with Crippen LogP contribution in [-0.4, -0.2) is 48.6 Å². The van der Waals surface area contributed by atoms with Crippen molar-refractivity contribution in [3.05, 3.63) is 102 Å². The number of carbonyl (C=O) groups is 2. The molecular formula is C28H28N2O4. The minimum Gasteiger partial charge on any atom is -0.497 e. The Morgan fingerprint density at radius 1 is 0.912 bits per heavy atom. The van der Waals surface area contributed by atoms with Crippen molar-refractivity contribution in [1.82, 2.24) is 9.80 Å². The molecule has 2 amide bonds. The minimum atomic E-state index is -0.561. The van der Waals surface area contributed by atoms with Gasteiger partial charge >= 0.3 is 6.09 Å². The molecule has 0 saturated carbocycles. The zero-order valence-corrected chi connectivity index (χ0v) is 19.2. The molecule has 2 saturated heterocycles. The van der Waals surface area contributed by atoms with E-state index in [0.29, 0.717) is 6.54 Å². The van der Waals surface area contributed by atoms with E-state index < -0.39 is 12.1 Å². The molecular weight excluding hydrogens is 428 g/mol. The van der Waals surface area contributed by atoms with Crippen molar-refractivity contribution in [2.24, 2.45) is 5.92 Å². The Hall–Kier alpha value is -3.64. The molecule has 5 rings (SSSR count). The van der Waals surface area contributed by atoms with E-state index >= 15 is 0 Å². The number of methoxy groups -OCH3 is 1. The second-order valence-electron chi connectivity index (χ2n) is 8.88. The van der Waals surface area contributed by atoms with Crippen LogP contribution in [0.4, 0.5) is 4.79 Å². The third-order valence-electron chi connectivity index (χ3n) is 6.80. The van der Waals surface area contributed by atoms with E-state index in [2.05, 4.69) is 17.0 Å². The molecule has 2 fully saturated rings. The Kier molecular flexibility index (Phi) is 6.32. The third kappa shape index (κ3) is 4.41. The number of cyclic esters (lactones) is 1. The van der Waals surface area contributed by atoms with Crippen molar-refractivity contribution in [1.29, 1.82) is 0 Å². The van der Waals surface area contributed by atoms with Gasteiger partial charge in [0.15, 0.2) is 0 Å². The van der Waals surface area contributed by atoms with Crippen LogP contribution in [0.15, 0.2) is 84.9 Å². The van der Waals surface area contributed by atoms with Crippen LogP contribution >= 0.6 is 0 Å². The molecule has 0 aromatic heterocycles. The predicted octanol–water partition coefficient (Wildman–Crippen LogP) is 4.63. The van der Waals surface area contributed by atoms with Gasteiger partial charge in [-0.05, 0) is 28.8 Å². The monoisotopic (exact) mass is 456 g/mol. The van der Waals surface area contributed by atoms with Gasteiger partial charge in [-0.2, -0.15) is 0 Å². The highest BCUT2D eigenvalue weighted by molar-refractivity contribution is 5.95. The summed E-state index contributed by atoms with van der Waals surface area (Å²) in [7, 11) is 1.64. The van der Waals surface area contributed by atoms with Gasteiger partial charge < -0.3 is 9.47 Å². The molecule has 0 radical (unpaired) electrons. The van der Waals surface area contributed by atoms with E-state index in [4.69, 9.17) is 9.47 Å². The van der Waals surface area contributed by atoms with Gasteiger partial charge in [0.2, 0.25) is 5.91 Å². The fourth-order valence-electron chi connectivity index (χ4n) is 5.06. The molecule has 3 atom stereocenters. The molecule has 2 aliphatic heterocycles. The predicted molar refractivity (Wildman–Crippen MR) is 128 cm³/mol. The van der Waals surface area contributed by atoms with E-state index in [9.17, 15) is 9.59 Å². The lowest BCUT2D eigenvalue weighted by molar-refractivity contribution is -0.133. The number of likely N-dealkylation sites (tertiary alicyclic amines) is 1. The lowest BCUT2D eigenvalue weighted by Crippen LogP contribution is -2.41. The Bertz CT molecular complexity index is 1130. The summed E-state index contributed by atoms with van der Waals surface area (Å²) in [4.78, 5) is 30.3. The van der Waals surface area contributed by atoms with E-state index in [-0.39, 0.29) is 24.3 Å². The van der Waals surface area contributed by atoms with E-state index in [0.717, 1.165) is 30.0 Å². The summed E-state index contributed by atoms with van der Waals surface area (Å²) < 4.78 is 10.7. The second kappa shape index (κ2) is 9.69. The molecule has 0 spiro atoms. The van der Waals surface area contributed by atoms with Crippen molar-refractivity contribution in [3.63, 3.8) is 0 Å². The van der Waals surface area contributed by atoms with Gasteiger partial charge in [-0.3, -0.25) is 9.69 Å². The molecule has 174 valence electrons. The maximum atomic E-state index is 13.9. The lowest BCUT2D eigenvalue weighted by atomic mass is 9.87. The summed E-state index contributed by atoms with van der Waals surface area (Å²) in [6.07, 6.45) is -0.561. The number of carbonyl (C=O) groups excluding carboxylic acids is 2. The Morgan fingerprint density at radius 2 is 1.59 bits per heavy atom. The van der Waals surface area contributed by atoms with Crippen LogP contribution < -0.4 is 4.74 Å². The number of nitrogens with zero attached hydrogens (tertiary/aromatic N) is 2. The Labute approximate surface area is 199 Å². The first-order chi connectivity index (χ1) is 16.6. The Balaban J connectivity index is 1.44. The topological polar surface area (TPSA) is 59.1 Å². The maximum Gasteiger partial charge on any atom is 0.417 e. The molecule has 0 bridgehead atoms. The summed E-state index contributed by atoms with van der Waals surface area (Å²) in [6, 6.07) is 27.4.